The van der Waals surface area contributed by atoms with Crippen LogP contribution in [-0.4, -0.2) is 17.6 Å². The van der Waals surface area contributed by atoms with Crippen molar-refractivity contribution in [1.82, 2.24) is 4.98 Å². The molecule has 2 heterocycles. The second-order valence-corrected chi connectivity index (χ2v) is 6.29. The molecule has 2 aromatic carbocycles. The molecule has 0 spiro atoms. The molecule has 0 saturated heterocycles. The van der Waals surface area contributed by atoms with Gasteiger partial charge in [0.05, 0.1) is 12.1 Å². The van der Waals surface area contributed by atoms with Crippen LogP contribution < -0.4 is 5.56 Å². The van der Waals surface area contributed by atoms with Gasteiger partial charge in [-0.25, -0.2) is 4.79 Å². The molecule has 4 nitrogen and oxygen atoms in total. The maximum absolute atomic E-state index is 12.5. The number of hydrogen-bond acceptors (Lipinski definition) is 4. The molecule has 114 valence electrons. The molecule has 5 heteroatoms. The van der Waals surface area contributed by atoms with Gasteiger partial charge in [-0.3, -0.25) is 4.79 Å². The summed E-state index contributed by atoms with van der Waals surface area (Å²) in [5.41, 5.74) is 1.98. The zero-order chi connectivity index (χ0) is 16.0. The lowest BCUT2D eigenvalue weighted by molar-refractivity contribution is 0.0525. The molecule has 1 aliphatic heterocycles. The van der Waals surface area contributed by atoms with Gasteiger partial charge in [-0.05, 0) is 30.7 Å². The molecular formula is C18H13NO3S. The van der Waals surface area contributed by atoms with Crippen LogP contribution in [0.15, 0.2) is 57.1 Å². The number of nitrogens with one attached hydrogen (secondary N) is 1. The van der Waals surface area contributed by atoms with Crippen molar-refractivity contribution < 1.29 is 9.53 Å². The van der Waals surface area contributed by atoms with Crippen LogP contribution in [0.2, 0.25) is 0 Å². The number of ether oxygens (including phenoxy) is 1. The molecule has 23 heavy (non-hydrogen) atoms. The maximum atomic E-state index is 12.5. The van der Waals surface area contributed by atoms with Crippen LogP contribution in [0.1, 0.15) is 17.3 Å². The van der Waals surface area contributed by atoms with Crippen molar-refractivity contribution in [1.29, 1.82) is 0 Å². The summed E-state index contributed by atoms with van der Waals surface area (Å²) in [6.07, 6.45) is 0. The van der Waals surface area contributed by atoms with Crippen LogP contribution in [0.25, 0.3) is 22.0 Å². The third-order valence-corrected chi connectivity index (χ3v) is 4.99. The SMILES string of the molecule is CCOC(=O)c1c2c3c(cccc3[nH]c1=O)Sc1ccccc1-2. The number of rotatable bonds is 2. The summed E-state index contributed by atoms with van der Waals surface area (Å²) >= 11 is 1.64. The second kappa shape index (κ2) is 5.28. The summed E-state index contributed by atoms with van der Waals surface area (Å²) in [6.45, 7) is 1.96. The molecule has 1 N–H and O–H groups in total. The molecule has 1 aromatic heterocycles. The number of pyridine rings is 1. The van der Waals surface area contributed by atoms with Crippen LogP contribution in [0, 0.1) is 0 Å². The number of hydrogen-bond donors (Lipinski definition) is 1. The van der Waals surface area contributed by atoms with Crippen LogP contribution in [0.4, 0.5) is 0 Å². The van der Waals surface area contributed by atoms with Gasteiger partial charge in [0.15, 0.2) is 0 Å². The normalized spacial score (nSPS) is 12.0. The Labute approximate surface area is 136 Å². The van der Waals surface area contributed by atoms with Crippen LogP contribution >= 0.6 is 11.8 Å². The van der Waals surface area contributed by atoms with E-state index in [0.29, 0.717) is 5.56 Å². The average Bonchev–Trinajstić information content (AvgIpc) is 2.55. The first-order valence-electron chi connectivity index (χ1n) is 7.34. The van der Waals surface area contributed by atoms with Gasteiger partial charge in [-0.1, -0.05) is 36.0 Å². The fourth-order valence-electron chi connectivity index (χ4n) is 2.95. The highest BCUT2D eigenvalue weighted by Crippen LogP contribution is 2.47. The molecule has 0 saturated carbocycles. The fourth-order valence-corrected chi connectivity index (χ4v) is 4.07. The highest BCUT2D eigenvalue weighted by atomic mass is 32.2. The van der Waals surface area contributed by atoms with Crippen molar-refractivity contribution in [3.8, 4) is 11.1 Å². The van der Waals surface area contributed by atoms with Gasteiger partial charge in [0, 0.05) is 20.7 Å². The molecule has 1 aliphatic rings. The third-order valence-electron chi connectivity index (χ3n) is 3.86. The minimum atomic E-state index is -0.581. The highest BCUT2D eigenvalue weighted by Gasteiger charge is 2.27. The summed E-state index contributed by atoms with van der Waals surface area (Å²) in [5, 5.41) is 0.902. The van der Waals surface area contributed by atoms with Gasteiger partial charge in [0.25, 0.3) is 5.56 Å². The first-order chi connectivity index (χ1) is 11.2. The molecule has 0 aliphatic carbocycles. The van der Waals surface area contributed by atoms with Gasteiger partial charge in [0.2, 0.25) is 0 Å². The Kier molecular flexibility index (Phi) is 3.23. The van der Waals surface area contributed by atoms with Crippen molar-refractivity contribution in [2.75, 3.05) is 6.61 Å². The fraction of sp³-hybridized carbons (Fsp3) is 0.111. The number of aromatic nitrogens is 1. The smallest absolute Gasteiger partial charge is 0.344 e. The first-order valence-corrected chi connectivity index (χ1v) is 8.15. The van der Waals surface area contributed by atoms with E-state index in [0.717, 1.165) is 26.3 Å². The van der Waals surface area contributed by atoms with Crippen molar-refractivity contribution in [2.24, 2.45) is 0 Å². The van der Waals surface area contributed by atoms with Gasteiger partial charge >= 0.3 is 5.97 Å². The quantitative estimate of drug-likeness (QED) is 0.570. The Morgan fingerprint density at radius 2 is 1.91 bits per heavy atom. The molecule has 0 radical (unpaired) electrons. The monoisotopic (exact) mass is 323 g/mol. The van der Waals surface area contributed by atoms with E-state index in [1.807, 2.05) is 42.5 Å². The molecule has 0 unspecified atom stereocenters. The second-order valence-electron chi connectivity index (χ2n) is 5.20. The number of benzene rings is 2. The number of esters is 1. The average molecular weight is 323 g/mol. The summed E-state index contributed by atoms with van der Waals surface area (Å²) < 4.78 is 5.11. The van der Waals surface area contributed by atoms with Gasteiger partial charge in [0.1, 0.15) is 5.56 Å². The highest BCUT2D eigenvalue weighted by molar-refractivity contribution is 7.99. The zero-order valence-electron chi connectivity index (χ0n) is 12.4. The van der Waals surface area contributed by atoms with Crippen LogP contribution in [0.3, 0.4) is 0 Å². The Morgan fingerprint density at radius 1 is 1.13 bits per heavy atom. The topological polar surface area (TPSA) is 59.2 Å². The van der Waals surface area contributed by atoms with E-state index >= 15 is 0 Å². The summed E-state index contributed by atoms with van der Waals surface area (Å²) in [6, 6.07) is 13.6. The van der Waals surface area contributed by atoms with E-state index in [1.54, 1.807) is 18.7 Å². The van der Waals surface area contributed by atoms with Crippen molar-refractivity contribution in [3.05, 3.63) is 58.4 Å². The summed E-state index contributed by atoms with van der Waals surface area (Å²) in [5.74, 6) is -0.581. The van der Waals surface area contributed by atoms with Gasteiger partial charge < -0.3 is 9.72 Å². The van der Waals surface area contributed by atoms with E-state index < -0.39 is 11.5 Å². The number of fused-ring (bicyclic) bond motifs is 2. The van der Waals surface area contributed by atoms with E-state index in [9.17, 15) is 9.59 Å². The van der Waals surface area contributed by atoms with Crippen LogP contribution in [-0.2, 0) is 4.74 Å². The standard InChI is InChI=1S/C18H13NO3S/c1-2-22-18(21)16-14-10-6-3-4-8-12(10)23-13-9-5-7-11(15(13)14)19-17(16)20/h3-9H,2H2,1H3,(H,19,20). The van der Waals surface area contributed by atoms with Crippen molar-refractivity contribution >= 4 is 28.6 Å². The largest absolute Gasteiger partial charge is 0.462 e. The van der Waals surface area contributed by atoms with E-state index in [2.05, 4.69) is 4.98 Å². The molecule has 4 rings (SSSR count). The Hall–Kier alpha value is -2.53. The zero-order valence-corrected chi connectivity index (χ0v) is 13.2. The third kappa shape index (κ3) is 2.08. The summed E-state index contributed by atoms with van der Waals surface area (Å²) in [7, 11) is 0. The Morgan fingerprint density at radius 3 is 2.74 bits per heavy atom. The molecule has 0 bridgehead atoms. The van der Waals surface area contributed by atoms with Crippen molar-refractivity contribution in [3.63, 3.8) is 0 Å². The predicted molar refractivity (Wildman–Crippen MR) is 90.1 cm³/mol. The van der Waals surface area contributed by atoms with Crippen LogP contribution in [0.5, 0.6) is 0 Å². The van der Waals surface area contributed by atoms with E-state index in [-0.39, 0.29) is 12.2 Å². The molecule has 0 amide bonds. The lowest BCUT2D eigenvalue weighted by Gasteiger charge is -2.21. The Bertz CT molecular complexity index is 1010. The molecule has 0 fully saturated rings. The van der Waals surface area contributed by atoms with E-state index in [4.69, 9.17) is 4.74 Å². The maximum Gasteiger partial charge on any atom is 0.344 e. The molecular weight excluding hydrogens is 310 g/mol. The number of carbonyl (C=O) groups excluding carboxylic acids is 1. The van der Waals surface area contributed by atoms with Gasteiger partial charge in [-0.15, -0.1) is 0 Å². The first kappa shape index (κ1) is 14.1. The number of carbonyl (C=O) groups is 1. The lowest BCUT2D eigenvalue weighted by Crippen LogP contribution is -2.22. The molecule has 3 aromatic rings. The number of aromatic amines is 1. The van der Waals surface area contributed by atoms with Crippen molar-refractivity contribution in [2.45, 2.75) is 16.7 Å². The van der Waals surface area contributed by atoms with E-state index in [1.165, 1.54) is 0 Å². The summed E-state index contributed by atoms with van der Waals surface area (Å²) in [4.78, 5) is 29.8. The van der Waals surface area contributed by atoms with Gasteiger partial charge in [-0.2, -0.15) is 0 Å². The minimum Gasteiger partial charge on any atom is -0.462 e. The predicted octanol–water partition coefficient (Wildman–Crippen LogP) is 3.84. The molecule has 0 atom stereocenters. The lowest BCUT2D eigenvalue weighted by atomic mass is 9.95. The Balaban J connectivity index is 2.18. The number of H-pyrrole nitrogens is 1. The minimum absolute atomic E-state index is 0.0829.